The minimum atomic E-state index is 0.176. The Morgan fingerprint density at radius 1 is 1.26 bits per heavy atom. The van der Waals surface area contributed by atoms with E-state index in [1.165, 1.54) is 28.2 Å². The van der Waals surface area contributed by atoms with Crippen molar-refractivity contribution in [2.45, 2.75) is 71.5 Å². The van der Waals surface area contributed by atoms with Gasteiger partial charge in [0.2, 0.25) is 0 Å². The molecule has 0 amide bonds. The fourth-order valence-corrected chi connectivity index (χ4v) is 4.25. The lowest BCUT2D eigenvalue weighted by Crippen LogP contribution is -2.49. The van der Waals surface area contributed by atoms with E-state index < -0.39 is 0 Å². The number of aryl methyl sites for hydroxylation is 2. The molecule has 2 nitrogen and oxygen atoms in total. The van der Waals surface area contributed by atoms with Crippen molar-refractivity contribution in [3.05, 3.63) is 21.4 Å². The number of hydrogen-bond acceptors (Lipinski definition) is 3. The molecule has 1 aromatic heterocycles. The maximum absolute atomic E-state index is 6.54. The predicted octanol–water partition coefficient (Wildman–Crippen LogP) is 4.02. The van der Waals surface area contributed by atoms with Gasteiger partial charge >= 0.3 is 0 Å². The van der Waals surface area contributed by atoms with E-state index >= 15 is 0 Å². The van der Waals surface area contributed by atoms with Crippen LogP contribution in [0.2, 0.25) is 0 Å². The van der Waals surface area contributed by atoms with E-state index in [0.717, 1.165) is 13.0 Å². The normalized spacial score (nSPS) is 26.4. The minimum absolute atomic E-state index is 0.176. The van der Waals surface area contributed by atoms with Gasteiger partial charge in [0.05, 0.1) is 6.04 Å². The average Bonchev–Trinajstić information content (AvgIpc) is 2.48. The van der Waals surface area contributed by atoms with Crippen molar-refractivity contribution >= 4 is 11.3 Å². The molecule has 0 spiro atoms. The second-order valence-electron chi connectivity index (χ2n) is 6.84. The largest absolute Gasteiger partial charge is 0.326 e. The molecule has 1 aliphatic rings. The van der Waals surface area contributed by atoms with Crippen molar-refractivity contribution in [2.75, 3.05) is 6.54 Å². The molecule has 0 radical (unpaired) electrons. The summed E-state index contributed by atoms with van der Waals surface area (Å²) in [4.78, 5) is 5.46. The average molecular weight is 280 g/mol. The highest BCUT2D eigenvalue weighted by atomic mass is 32.1. The Hall–Kier alpha value is -0.380. The monoisotopic (exact) mass is 280 g/mol. The summed E-state index contributed by atoms with van der Waals surface area (Å²) in [6.45, 7) is 12.5. The molecule has 0 aromatic carbocycles. The molecular formula is C16H28N2S. The lowest BCUT2D eigenvalue weighted by molar-refractivity contribution is 0.0754. The van der Waals surface area contributed by atoms with E-state index in [1.807, 2.05) is 11.3 Å². The zero-order valence-corrected chi connectivity index (χ0v) is 13.8. The molecule has 1 aromatic rings. The highest BCUT2D eigenvalue weighted by molar-refractivity contribution is 7.12. The molecule has 3 heteroatoms. The molecule has 0 aliphatic carbocycles. The fourth-order valence-electron chi connectivity index (χ4n) is 3.29. The van der Waals surface area contributed by atoms with E-state index in [9.17, 15) is 0 Å². The molecule has 0 saturated carbocycles. The Labute approximate surface area is 122 Å². The standard InChI is InChI=1S/C16H28N2S/c1-11-10-13(12(2)19-11)15-14(17)8-6-7-9-18(15)16(3,4)5/h10,14-15H,6-9,17H2,1-5H3. The Morgan fingerprint density at radius 3 is 2.47 bits per heavy atom. The second-order valence-corrected chi connectivity index (χ2v) is 8.30. The third-order valence-corrected chi connectivity index (χ3v) is 5.17. The van der Waals surface area contributed by atoms with Crippen LogP contribution in [0.3, 0.4) is 0 Å². The molecule has 1 aliphatic heterocycles. The van der Waals surface area contributed by atoms with Crippen LogP contribution in [-0.4, -0.2) is 23.0 Å². The molecule has 2 heterocycles. The van der Waals surface area contributed by atoms with Gasteiger partial charge in [-0.05, 0) is 65.6 Å². The van der Waals surface area contributed by atoms with Gasteiger partial charge in [0.1, 0.15) is 0 Å². The van der Waals surface area contributed by atoms with Crippen molar-refractivity contribution < 1.29 is 0 Å². The van der Waals surface area contributed by atoms with Gasteiger partial charge < -0.3 is 5.73 Å². The summed E-state index contributed by atoms with van der Waals surface area (Å²) in [6.07, 6.45) is 3.67. The summed E-state index contributed by atoms with van der Waals surface area (Å²) >= 11 is 1.90. The van der Waals surface area contributed by atoms with Crippen LogP contribution in [0.1, 0.15) is 61.4 Å². The van der Waals surface area contributed by atoms with Crippen molar-refractivity contribution in [1.29, 1.82) is 0 Å². The molecule has 108 valence electrons. The number of thiophene rings is 1. The maximum Gasteiger partial charge on any atom is 0.0515 e. The first-order valence-electron chi connectivity index (χ1n) is 7.40. The third-order valence-electron chi connectivity index (χ3n) is 4.19. The van der Waals surface area contributed by atoms with E-state index in [4.69, 9.17) is 5.73 Å². The number of hydrogen-bond donors (Lipinski definition) is 1. The van der Waals surface area contributed by atoms with E-state index in [-0.39, 0.29) is 11.6 Å². The van der Waals surface area contributed by atoms with Crippen LogP contribution in [0.25, 0.3) is 0 Å². The summed E-state index contributed by atoms with van der Waals surface area (Å²) in [7, 11) is 0. The SMILES string of the molecule is Cc1cc(C2C(N)CCCCN2C(C)(C)C)c(C)s1. The second kappa shape index (κ2) is 5.55. The molecular weight excluding hydrogens is 252 g/mol. The molecule has 2 unspecified atom stereocenters. The summed E-state index contributed by atoms with van der Waals surface area (Å²) in [5.74, 6) is 0. The van der Waals surface area contributed by atoms with E-state index in [2.05, 4.69) is 45.6 Å². The highest BCUT2D eigenvalue weighted by Gasteiger charge is 2.36. The van der Waals surface area contributed by atoms with Crippen molar-refractivity contribution in [2.24, 2.45) is 5.73 Å². The first-order valence-corrected chi connectivity index (χ1v) is 8.21. The number of likely N-dealkylation sites (tertiary alicyclic amines) is 1. The molecule has 2 N–H and O–H groups in total. The van der Waals surface area contributed by atoms with Crippen LogP contribution in [0.4, 0.5) is 0 Å². The topological polar surface area (TPSA) is 29.3 Å². The van der Waals surface area contributed by atoms with Gasteiger partial charge in [0, 0.05) is 21.3 Å². The van der Waals surface area contributed by atoms with Gasteiger partial charge in [-0.15, -0.1) is 11.3 Å². The van der Waals surface area contributed by atoms with Crippen molar-refractivity contribution in [3.8, 4) is 0 Å². The number of nitrogens with zero attached hydrogens (tertiary/aromatic N) is 1. The molecule has 2 atom stereocenters. The predicted molar refractivity (Wildman–Crippen MR) is 84.8 cm³/mol. The molecule has 1 fully saturated rings. The molecule has 19 heavy (non-hydrogen) atoms. The van der Waals surface area contributed by atoms with Crippen LogP contribution in [0.15, 0.2) is 6.07 Å². The fraction of sp³-hybridized carbons (Fsp3) is 0.750. The zero-order valence-electron chi connectivity index (χ0n) is 13.0. The molecule has 2 rings (SSSR count). The third kappa shape index (κ3) is 3.21. The zero-order chi connectivity index (χ0) is 14.2. The van der Waals surface area contributed by atoms with E-state index in [1.54, 1.807) is 0 Å². The smallest absolute Gasteiger partial charge is 0.0515 e. The first-order chi connectivity index (χ1) is 8.80. The summed E-state index contributed by atoms with van der Waals surface area (Å²) < 4.78 is 0. The van der Waals surface area contributed by atoms with Gasteiger partial charge in [-0.25, -0.2) is 0 Å². The van der Waals surface area contributed by atoms with Gasteiger partial charge in [-0.2, -0.15) is 0 Å². The van der Waals surface area contributed by atoms with Crippen LogP contribution >= 0.6 is 11.3 Å². The lowest BCUT2D eigenvalue weighted by Gasteiger charge is -2.43. The van der Waals surface area contributed by atoms with Crippen molar-refractivity contribution in [3.63, 3.8) is 0 Å². The molecule has 1 saturated heterocycles. The summed E-state index contributed by atoms with van der Waals surface area (Å²) in [5.41, 5.74) is 8.18. The highest BCUT2D eigenvalue weighted by Crippen LogP contribution is 2.38. The Bertz CT molecular complexity index is 430. The van der Waals surface area contributed by atoms with Gasteiger partial charge in [-0.1, -0.05) is 6.42 Å². The van der Waals surface area contributed by atoms with Gasteiger partial charge in [0.25, 0.3) is 0 Å². The van der Waals surface area contributed by atoms with Gasteiger partial charge in [0.15, 0.2) is 0 Å². The van der Waals surface area contributed by atoms with Crippen LogP contribution < -0.4 is 5.73 Å². The van der Waals surface area contributed by atoms with Gasteiger partial charge in [-0.3, -0.25) is 4.90 Å². The van der Waals surface area contributed by atoms with Crippen LogP contribution in [0.5, 0.6) is 0 Å². The first kappa shape index (κ1) is 15.0. The van der Waals surface area contributed by atoms with Crippen LogP contribution in [-0.2, 0) is 0 Å². The van der Waals surface area contributed by atoms with Crippen molar-refractivity contribution in [1.82, 2.24) is 4.90 Å². The quantitative estimate of drug-likeness (QED) is 0.842. The van der Waals surface area contributed by atoms with E-state index in [0.29, 0.717) is 6.04 Å². The maximum atomic E-state index is 6.54. The van der Waals surface area contributed by atoms with Crippen LogP contribution in [0, 0.1) is 13.8 Å². The number of rotatable bonds is 1. The minimum Gasteiger partial charge on any atom is -0.326 e. The Morgan fingerprint density at radius 2 is 1.95 bits per heavy atom. The summed E-state index contributed by atoms with van der Waals surface area (Å²) in [5, 5.41) is 0. The number of nitrogens with two attached hydrogens (primary N) is 1. The summed E-state index contributed by atoms with van der Waals surface area (Å²) in [6, 6.07) is 3.00. The molecule has 0 bridgehead atoms. The Balaban J connectivity index is 2.42. The Kier molecular flexibility index (Phi) is 4.38. The lowest BCUT2D eigenvalue weighted by atomic mass is 9.92.